The second kappa shape index (κ2) is 6.01. The van der Waals surface area contributed by atoms with Crippen LogP contribution in [0.5, 0.6) is 0 Å². The Labute approximate surface area is 139 Å². The highest BCUT2D eigenvalue weighted by Gasteiger charge is 2.24. The lowest BCUT2D eigenvalue weighted by molar-refractivity contribution is 0.0924. The fraction of sp³-hybridized carbons (Fsp3) is 0.294. The van der Waals surface area contributed by atoms with Crippen molar-refractivity contribution in [1.82, 2.24) is 29.8 Å². The SMILES string of the molecule is CN1Cc2ccccc2CC1CNC(=O)c1nc2ncccn2n1. The number of amides is 1. The van der Waals surface area contributed by atoms with E-state index in [2.05, 4.69) is 56.6 Å². The van der Waals surface area contributed by atoms with Crippen LogP contribution in [0.4, 0.5) is 0 Å². The molecule has 0 radical (unpaired) electrons. The maximum absolute atomic E-state index is 12.3. The number of carbonyl (C=O) groups is 1. The Morgan fingerprint density at radius 2 is 2.12 bits per heavy atom. The standard InChI is InChI=1S/C17H18N6O/c1-22-11-13-6-3-2-5-12(13)9-14(22)10-19-16(24)15-20-17-18-7-4-8-23(17)21-15/h2-8,14H,9-11H2,1H3,(H,19,24). The molecule has 7 heteroatoms. The molecular weight excluding hydrogens is 304 g/mol. The van der Waals surface area contributed by atoms with Crippen LogP contribution in [-0.4, -0.2) is 50.0 Å². The van der Waals surface area contributed by atoms with Gasteiger partial charge in [0.1, 0.15) is 0 Å². The van der Waals surface area contributed by atoms with Gasteiger partial charge in [-0.3, -0.25) is 9.69 Å². The molecule has 0 saturated carbocycles. The number of aromatic nitrogens is 4. The quantitative estimate of drug-likeness (QED) is 0.776. The van der Waals surface area contributed by atoms with E-state index in [-0.39, 0.29) is 17.8 Å². The first-order valence-corrected chi connectivity index (χ1v) is 7.93. The predicted molar refractivity (Wildman–Crippen MR) is 88.5 cm³/mol. The van der Waals surface area contributed by atoms with E-state index in [1.165, 1.54) is 15.6 Å². The molecule has 0 bridgehead atoms. The van der Waals surface area contributed by atoms with Gasteiger partial charge in [-0.1, -0.05) is 24.3 Å². The van der Waals surface area contributed by atoms with Gasteiger partial charge in [0.2, 0.25) is 5.82 Å². The van der Waals surface area contributed by atoms with Gasteiger partial charge in [0.05, 0.1) is 0 Å². The second-order valence-electron chi connectivity index (χ2n) is 6.05. The summed E-state index contributed by atoms with van der Waals surface area (Å²) in [6.07, 6.45) is 4.27. The van der Waals surface area contributed by atoms with Crippen molar-refractivity contribution in [3.05, 3.63) is 59.7 Å². The van der Waals surface area contributed by atoms with Gasteiger partial charge in [-0.05, 0) is 30.7 Å². The molecule has 3 aromatic rings. The van der Waals surface area contributed by atoms with Gasteiger partial charge in [0.15, 0.2) is 0 Å². The monoisotopic (exact) mass is 322 g/mol. The third-order valence-corrected chi connectivity index (χ3v) is 4.43. The normalized spacial score (nSPS) is 17.6. The van der Waals surface area contributed by atoms with Gasteiger partial charge in [0.25, 0.3) is 11.7 Å². The molecule has 24 heavy (non-hydrogen) atoms. The lowest BCUT2D eigenvalue weighted by Gasteiger charge is -2.34. The molecule has 0 saturated heterocycles. The Hall–Kier alpha value is -2.80. The summed E-state index contributed by atoms with van der Waals surface area (Å²) in [4.78, 5) is 22.8. The molecule has 0 aliphatic carbocycles. The van der Waals surface area contributed by atoms with Crippen LogP contribution in [0.25, 0.3) is 5.78 Å². The van der Waals surface area contributed by atoms with E-state index in [0.29, 0.717) is 12.3 Å². The molecule has 0 fully saturated rings. The van der Waals surface area contributed by atoms with Crippen molar-refractivity contribution in [2.24, 2.45) is 0 Å². The zero-order chi connectivity index (χ0) is 16.5. The minimum atomic E-state index is -0.271. The van der Waals surface area contributed by atoms with Gasteiger partial charge in [-0.25, -0.2) is 9.50 Å². The van der Waals surface area contributed by atoms with Crippen LogP contribution in [0, 0.1) is 0 Å². The molecule has 4 rings (SSSR count). The number of hydrogen-bond donors (Lipinski definition) is 1. The van der Waals surface area contributed by atoms with Crippen LogP contribution in [0.2, 0.25) is 0 Å². The van der Waals surface area contributed by atoms with E-state index in [0.717, 1.165) is 13.0 Å². The summed E-state index contributed by atoms with van der Waals surface area (Å²) < 4.78 is 1.50. The van der Waals surface area contributed by atoms with Crippen molar-refractivity contribution in [1.29, 1.82) is 0 Å². The number of rotatable bonds is 3. The zero-order valence-electron chi connectivity index (χ0n) is 13.4. The topological polar surface area (TPSA) is 75.4 Å². The van der Waals surface area contributed by atoms with Gasteiger partial charge in [0, 0.05) is 31.5 Å². The maximum Gasteiger partial charge on any atom is 0.291 e. The fourth-order valence-corrected chi connectivity index (χ4v) is 3.06. The van der Waals surface area contributed by atoms with Crippen LogP contribution in [0.3, 0.4) is 0 Å². The van der Waals surface area contributed by atoms with Crippen LogP contribution >= 0.6 is 0 Å². The average Bonchev–Trinajstić information content (AvgIpc) is 3.04. The molecule has 1 aliphatic heterocycles. The van der Waals surface area contributed by atoms with Crippen molar-refractivity contribution in [3.8, 4) is 0 Å². The summed E-state index contributed by atoms with van der Waals surface area (Å²) in [6.45, 7) is 1.46. The fourth-order valence-electron chi connectivity index (χ4n) is 3.06. The van der Waals surface area contributed by atoms with Crippen LogP contribution in [0.1, 0.15) is 21.7 Å². The van der Waals surface area contributed by atoms with Crippen molar-refractivity contribution >= 4 is 11.7 Å². The maximum atomic E-state index is 12.3. The summed E-state index contributed by atoms with van der Waals surface area (Å²) in [5.41, 5.74) is 2.71. The van der Waals surface area contributed by atoms with Crippen LogP contribution in [0.15, 0.2) is 42.7 Å². The zero-order valence-corrected chi connectivity index (χ0v) is 13.4. The van der Waals surface area contributed by atoms with E-state index in [1.807, 2.05) is 0 Å². The molecule has 1 amide bonds. The first-order valence-electron chi connectivity index (χ1n) is 7.93. The van der Waals surface area contributed by atoms with E-state index in [4.69, 9.17) is 0 Å². The van der Waals surface area contributed by atoms with E-state index in [9.17, 15) is 4.79 Å². The minimum absolute atomic E-state index is 0.146. The van der Waals surface area contributed by atoms with Gasteiger partial charge < -0.3 is 5.32 Å². The Morgan fingerprint density at radius 3 is 2.96 bits per heavy atom. The number of hydrogen-bond acceptors (Lipinski definition) is 5. The number of nitrogens with zero attached hydrogens (tertiary/aromatic N) is 5. The molecule has 122 valence electrons. The minimum Gasteiger partial charge on any atom is -0.348 e. The Bertz CT molecular complexity index is 856. The number of likely N-dealkylation sites (N-methyl/N-ethyl adjacent to an activating group) is 1. The van der Waals surface area contributed by atoms with E-state index >= 15 is 0 Å². The second-order valence-corrected chi connectivity index (χ2v) is 6.05. The summed E-state index contributed by atoms with van der Waals surface area (Å²) in [6, 6.07) is 10.5. The highest BCUT2D eigenvalue weighted by atomic mass is 16.2. The molecule has 0 spiro atoms. The number of nitrogens with one attached hydrogen (secondary N) is 1. The molecule has 3 heterocycles. The number of carbonyl (C=O) groups excluding carboxylic acids is 1. The molecule has 7 nitrogen and oxygen atoms in total. The van der Waals surface area contributed by atoms with Crippen molar-refractivity contribution in [2.45, 2.75) is 19.0 Å². The van der Waals surface area contributed by atoms with Crippen LogP contribution in [-0.2, 0) is 13.0 Å². The highest BCUT2D eigenvalue weighted by molar-refractivity contribution is 5.90. The summed E-state index contributed by atoms with van der Waals surface area (Å²) in [7, 11) is 2.08. The van der Waals surface area contributed by atoms with E-state index in [1.54, 1.807) is 18.5 Å². The molecule has 2 aromatic heterocycles. The Kier molecular flexibility index (Phi) is 3.70. The molecular formula is C17H18N6O. The summed E-state index contributed by atoms with van der Waals surface area (Å²) >= 11 is 0. The van der Waals surface area contributed by atoms with Crippen molar-refractivity contribution in [2.75, 3.05) is 13.6 Å². The van der Waals surface area contributed by atoms with Gasteiger partial charge in [-0.2, -0.15) is 4.98 Å². The van der Waals surface area contributed by atoms with Gasteiger partial charge in [-0.15, -0.1) is 5.10 Å². The molecule has 1 N–H and O–H groups in total. The first-order chi connectivity index (χ1) is 11.7. The third-order valence-electron chi connectivity index (χ3n) is 4.43. The average molecular weight is 322 g/mol. The van der Waals surface area contributed by atoms with Gasteiger partial charge >= 0.3 is 0 Å². The van der Waals surface area contributed by atoms with Crippen LogP contribution < -0.4 is 5.32 Å². The summed E-state index contributed by atoms with van der Waals surface area (Å²) in [5, 5.41) is 7.09. The van der Waals surface area contributed by atoms with E-state index < -0.39 is 0 Å². The Morgan fingerprint density at radius 1 is 1.29 bits per heavy atom. The highest BCUT2D eigenvalue weighted by Crippen LogP contribution is 2.21. The lowest BCUT2D eigenvalue weighted by Crippen LogP contribution is -2.45. The van der Waals surface area contributed by atoms with Crippen molar-refractivity contribution < 1.29 is 4.79 Å². The largest absolute Gasteiger partial charge is 0.348 e. The smallest absolute Gasteiger partial charge is 0.291 e. The number of fused-ring (bicyclic) bond motifs is 2. The predicted octanol–water partition coefficient (Wildman–Crippen LogP) is 0.911. The molecule has 1 unspecified atom stereocenters. The Balaban J connectivity index is 1.44. The number of benzene rings is 1. The molecule has 1 aliphatic rings. The van der Waals surface area contributed by atoms with Crippen molar-refractivity contribution in [3.63, 3.8) is 0 Å². The molecule has 1 aromatic carbocycles. The molecule has 1 atom stereocenters. The summed E-state index contributed by atoms with van der Waals surface area (Å²) in [5.74, 6) is 0.298. The third kappa shape index (κ3) is 2.74. The lowest BCUT2D eigenvalue weighted by atomic mass is 9.94. The first kappa shape index (κ1) is 14.8.